The summed E-state index contributed by atoms with van der Waals surface area (Å²) in [5.74, 6) is 1.90. The summed E-state index contributed by atoms with van der Waals surface area (Å²) in [6.45, 7) is 4.89. The zero-order valence-corrected chi connectivity index (χ0v) is 33.8. The number of hydrogen-bond acceptors (Lipinski definition) is 15. The van der Waals surface area contributed by atoms with Gasteiger partial charge in [-0.15, -0.1) is 0 Å². The predicted molar refractivity (Wildman–Crippen MR) is 223 cm³/mol. The Morgan fingerprint density at radius 3 is 2.76 bits per heavy atom. The minimum Gasteiger partial charge on any atom is -0.507 e. The molecule has 5 unspecified atom stereocenters. The zero-order chi connectivity index (χ0) is 40.3. The summed E-state index contributed by atoms with van der Waals surface area (Å²) >= 11 is 0. The van der Waals surface area contributed by atoms with E-state index in [1.807, 2.05) is 31.3 Å². The quantitative estimate of drug-likeness (QED) is 0.109. The normalized spacial score (nSPS) is 26.5. The molecule has 0 spiro atoms. The number of nitrogens with two attached hydrogens (primary N) is 2. The Kier molecular flexibility index (Phi) is 10.0. The van der Waals surface area contributed by atoms with E-state index in [0.29, 0.717) is 78.1 Å². The van der Waals surface area contributed by atoms with Crippen molar-refractivity contribution >= 4 is 56.4 Å². The van der Waals surface area contributed by atoms with Gasteiger partial charge >= 0.3 is 5.97 Å². The maximum atomic E-state index is 14.3. The van der Waals surface area contributed by atoms with Crippen molar-refractivity contribution in [2.45, 2.75) is 88.1 Å². The molecule has 5 aliphatic heterocycles. The van der Waals surface area contributed by atoms with Crippen molar-refractivity contribution in [3.63, 3.8) is 0 Å². The lowest BCUT2D eigenvalue weighted by atomic mass is 9.86. The third kappa shape index (κ3) is 7.14. The number of nitrogens with zero attached hydrogens (tertiary/aromatic N) is 3. The van der Waals surface area contributed by atoms with Crippen molar-refractivity contribution in [2.24, 2.45) is 4.99 Å². The number of aryl methyl sites for hydroxylation is 2. The topological polar surface area (TPSA) is 213 Å². The fourth-order valence-electron chi connectivity index (χ4n) is 8.61. The van der Waals surface area contributed by atoms with Gasteiger partial charge in [-0.2, -0.15) is 0 Å². The van der Waals surface area contributed by atoms with Gasteiger partial charge in [-0.3, -0.25) is 14.7 Å². The van der Waals surface area contributed by atoms with Crippen LogP contribution in [0.25, 0.3) is 22.2 Å². The molecule has 5 atom stereocenters. The second-order valence-corrected chi connectivity index (χ2v) is 18.4. The molecule has 16 heteroatoms. The number of quaternary nitrogens is 1. The molecule has 4 aromatic rings. The van der Waals surface area contributed by atoms with Gasteiger partial charge in [0, 0.05) is 71.6 Å². The van der Waals surface area contributed by atoms with Crippen LogP contribution < -0.4 is 26.5 Å². The van der Waals surface area contributed by atoms with E-state index in [9.17, 15) is 19.8 Å². The van der Waals surface area contributed by atoms with Crippen LogP contribution in [0.5, 0.6) is 11.5 Å². The number of hydrogen-bond donors (Lipinski definition) is 5. The fraction of sp³-hybridized carbons (Fsp3) is 0.405. The number of fused-ring (bicyclic) bond motifs is 9. The van der Waals surface area contributed by atoms with Gasteiger partial charge in [0.1, 0.15) is 76.6 Å². The van der Waals surface area contributed by atoms with E-state index in [-0.39, 0.29) is 41.6 Å². The second-order valence-electron chi connectivity index (χ2n) is 15.8. The van der Waals surface area contributed by atoms with Gasteiger partial charge in [0.25, 0.3) is 0 Å². The first-order valence-electron chi connectivity index (χ1n) is 19.5. The molecule has 302 valence electrons. The van der Waals surface area contributed by atoms with Crippen LogP contribution in [0.4, 0.5) is 11.6 Å². The van der Waals surface area contributed by atoms with Crippen LogP contribution in [0.15, 0.2) is 68.1 Å². The number of phenolic OH excluding ortho intramolecular Hbond substituents is 1. The number of nitrogen functional groups attached to an aromatic ring is 2. The van der Waals surface area contributed by atoms with Crippen molar-refractivity contribution < 1.29 is 38.5 Å². The SMILES string of the molecule is Cc1cc(=O)c2c(O)c3c(cc2o1)OC1(C)CCSSCc2c(cc(C[NH+]4C=C5N=CC=C5C4)nc2N)-c2cc(cc(N)n2)CCC2OC2(CCCO)C(=O)OC1C3. The molecule has 3 aromatic heterocycles. The zero-order valence-electron chi connectivity index (χ0n) is 32.2. The molecule has 8 heterocycles. The third-order valence-corrected chi connectivity index (χ3v) is 14.0. The Balaban J connectivity index is 1.06. The van der Waals surface area contributed by atoms with Crippen LogP contribution in [0, 0.1) is 6.92 Å². The van der Waals surface area contributed by atoms with E-state index < -0.39 is 29.4 Å². The summed E-state index contributed by atoms with van der Waals surface area (Å²) in [4.78, 5) is 42.6. The number of benzene rings is 1. The van der Waals surface area contributed by atoms with Crippen LogP contribution in [-0.4, -0.2) is 74.7 Å². The van der Waals surface area contributed by atoms with Gasteiger partial charge in [-0.05, 0) is 69.4 Å². The number of aliphatic hydroxyl groups excluding tert-OH is 1. The van der Waals surface area contributed by atoms with Gasteiger partial charge < -0.3 is 40.3 Å². The molecule has 1 saturated heterocycles. The third-order valence-electron chi connectivity index (χ3n) is 11.7. The maximum absolute atomic E-state index is 14.3. The first-order valence-corrected chi connectivity index (χ1v) is 22.0. The lowest BCUT2D eigenvalue weighted by molar-refractivity contribution is -0.852. The molecule has 1 fully saturated rings. The highest BCUT2D eigenvalue weighted by molar-refractivity contribution is 8.76. The number of esters is 1. The molecule has 0 radical (unpaired) electrons. The van der Waals surface area contributed by atoms with Crippen molar-refractivity contribution in [1.29, 1.82) is 0 Å². The molecule has 1 aromatic carbocycles. The van der Waals surface area contributed by atoms with Gasteiger partial charge in [-0.1, -0.05) is 21.6 Å². The number of nitrogens with one attached hydrogen (secondary N) is 1. The molecular weight excluding hydrogens is 781 g/mol. The number of carbonyl (C=O) groups excluding carboxylic acids is 1. The number of allylic oxidation sites excluding steroid dienone is 1. The van der Waals surface area contributed by atoms with Gasteiger partial charge in [0.05, 0.1) is 17.5 Å². The summed E-state index contributed by atoms with van der Waals surface area (Å²) < 4.78 is 25.1. The maximum Gasteiger partial charge on any atom is 0.341 e. The average Bonchev–Trinajstić information content (AvgIpc) is 3.49. The number of ether oxygens (including phenoxy) is 3. The van der Waals surface area contributed by atoms with Crippen LogP contribution in [0.2, 0.25) is 0 Å². The molecule has 0 saturated carbocycles. The summed E-state index contributed by atoms with van der Waals surface area (Å²) in [6, 6.07) is 8.88. The first-order chi connectivity index (χ1) is 27.9. The number of pyridine rings is 2. The lowest BCUT2D eigenvalue weighted by Crippen LogP contribution is -3.04. The number of aromatic nitrogens is 2. The standard InChI is InChI=1S/C42H44N6O8S2/c1-22-12-31(50)37-33(53-22)17-32-27(38(37)51)16-35-41(2,55-32)8-11-57-58-21-28-26(15-25(46-39(28)44)19-48-18-24-6-9-45-30(24)20-48)29-13-23(14-36(43)47-29)4-5-34-42(56-34,7-3-10-49)40(52)54-35/h6,9,12-15,17,20,34-35,49,51H,3-5,7-8,10-11,16,18-19,21H2,1-2H3,(H2,43,47)(H2,44,46)/p+1. The minimum atomic E-state index is -1.26. The monoisotopic (exact) mass is 825 g/mol. The molecule has 2 bridgehead atoms. The number of rotatable bonds is 5. The number of anilines is 2. The summed E-state index contributed by atoms with van der Waals surface area (Å²) in [5.41, 5.74) is 17.5. The average molecular weight is 826 g/mol. The van der Waals surface area contributed by atoms with E-state index >= 15 is 0 Å². The Labute approximate surface area is 342 Å². The number of epoxide rings is 1. The highest BCUT2D eigenvalue weighted by Gasteiger charge is 2.63. The number of phenols is 1. The van der Waals surface area contributed by atoms with Crippen molar-refractivity contribution in [3.8, 4) is 22.8 Å². The molecular formula is C42H45N6O8S2+. The largest absolute Gasteiger partial charge is 0.507 e. The molecule has 58 heavy (non-hydrogen) atoms. The van der Waals surface area contributed by atoms with Crippen molar-refractivity contribution in [3.05, 3.63) is 92.2 Å². The lowest BCUT2D eigenvalue weighted by Gasteiger charge is -2.42. The van der Waals surface area contributed by atoms with Crippen molar-refractivity contribution in [1.82, 2.24) is 9.97 Å². The Morgan fingerprint density at radius 1 is 1.07 bits per heavy atom. The predicted octanol–water partition coefficient (Wildman–Crippen LogP) is 4.11. The van der Waals surface area contributed by atoms with Gasteiger partial charge in [0.15, 0.2) is 11.0 Å². The summed E-state index contributed by atoms with van der Waals surface area (Å²) in [7, 11) is 3.25. The van der Waals surface area contributed by atoms with Crippen LogP contribution in [0.1, 0.15) is 60.8 Å². The van der Waals surface area contributed by atoms with Crippen LogP contribution in [-0.2, 0) is 39.4 Å². The second kappa shape index (κ2) is 15.1. The fourth-order valence-corrected chi connectivity index (χ4v) is 10.9. The van der Waals surface area contributed by atoms with Gasteiger partial charge in [-0.25, -0.2) is 14.8 Å². The van der Waals surface area contributed by atoms with E-state index in [2.05, 4.69) is 17.3 Å². The highest BCUT2D eigenvalue weighted by atomic mass is 33.1. The number of aliphatic hydroxyl groups is 1. The van der Waals surface area contributed by atoms with E-state index in [1.165, 1.54) is 16.5 Å². The summed E-state index contributed by atoms with van der Waals surface area (Å²) in [5, 5.41) is 21.3. The minimum absolute atomic E-state index is 0.0467. The Morgan fingerprint density at radius 2 is 1.93 bits per heavy atom. The van der Waals surface area contributed by atoms with Gasteiger partial charge in [0.2, 0.25) is 0 Å². The molecule has 0 aliphatic carbocycles. The molecule has 9 rings (SSSR count). The number of carbonyl (C=O) groups is 1. The Bertz CT molecular complexity index is 2510. The van der Waals surface area contributed by atoms with Crippen LogP contribution in [0.3, 0.4) is 0 Å². The van der Waals surface area contributed by atoms with Crippen LogP contribution >= 0.6 is 21.6 Å². The van der Waals surface area contributed by atoms with E-state index in [1.54, 1.807) is 34.6 Å². The number of aromatic hydroxyl groups is 1. The first kappa shape index (κ1) is 38.6. The Hall–Kier alpha value is -4.87. The molecule has 5 aliphatic rings. The van der Waals surface area contributed by atoms with E-state index in [4.69, 9.17) is 40.1 Å². The van der Waals surface area contributed by atoms with Crippen molar-refractivity contribution in [2.75, 3.05) is 30.4 Å². The number of aliphatic imine (C=N–C) groups is 1. The van der Waals surface area contributed by atoms with E-state index in [0.717, 1.165) is 34.6 Å². The molecule has 0 amide bonds. The smallest absolute Gasteiger partial charge is 0.341 e. The molecule has 7 N–H and O–H groups in total. The molecule has 14 nitrogen and oxygen atoms in total. The highest BCUT2D eigenvalue weighted by Crippen LogP contribution is 2.49. The summed E-state index contributed by atoms with van der Waals surface area (Å²) in [6.07, 6.45) is 6.87.